The number of fused-ring (bicyclic) bond motifs is 1. The van der Waals surface area contributed by atoms with Gasteiger partial charge in [-0.15, -0.1) is 5.01 Å². The highest BCUT2D eigenvalue weighted by Gasteiger charge is 2.61. The lowest BCUT2D eigenvalue weighted by atomic mass is 9.84. The van der Waals surface area contributed by atoms with Gasteiger partial charge in [-0.25, -0.2) is 15.1 Å². The molecule has 0 amide bonds. The van der Waals surface area contributed by atoms with Crippen molar-refractivity contribution in [3.05, 3.63) is 23.3 Å². The maximum absolute atomic E-state index is 14.1. The predicted molar refractivity (Wildman–Crippen MR) is 153 cm³/mol. The van der Waals surface area contributed by atoms with Crippen LogP contribution in [0.15, 0.2) is 12.1 Å². The number of quaternary nitrogens is 1. The lowest BCUT2D eigenvalue weighted by molar-refractivity contribution is -1.13. The molecule has 3 heterocycles. The van der Waals surface area contributed by atoms with Crippen LogP contribution in [-0.4, -0.2) is 92.4 Å². The van der Waals surface area contributed by atoms with Gasteiger partial charge in [-0.05, 0) is 41.6 Å². The summed E-state index contributed by atoms with van der Waals surface area (Å²) in [4.78, 5) is 33.6. The van der Waals surface area contributed by atoms with Gasteiger partial charge in [0.05, 0.1) is 32.1 Å². The molecule has 3 aliphatic heterocycles. The van der Waals surface area contributed by atoms with Crippen molar-refractivity contribution >= 4 is 17.4 Å². The van der Waals surface area contributed by atoms with Gasteiger partial charge in [0.25, 0.3) is 0 Å². The Labute approximate surface area is 255 Å². The number of rotatable bonds is 8. The first-order valence-corrected chi connectivity index (χ1v) is 15.2. The third kappa shape index (κ3) is 6.83. The zero-order valence-electron chi connectivity index (χ0n) is 25.7. The molecule has 4 aliphatic rings. The van der Waals surface area contributed by atoms with E-state index in [1.807, 2.05) is 20.8 Å². The van der Waals surface area contributed by atoms with E-state index < -0.39 is 53.3 Å². The van der Waals surface area contributed by atoms with Crippen LogP contribution in [-0.2, 0) is 24.5 Å². The Hall–Kier alpha value is -2.53. The summed E-state index contributed by atoms with van der Waals surface area (Å²) in [7, 11) is 1.57. The molecule has 246 valence electrons. The summed E-state index contributed by atoms with van der Waals surface area (Å²) in [6, 6.07) is 3.38. The maximum atomic E-state index is 14.1. The molecule has 44 heavy (non-hydrogen) atoms. The number of nitrogens with one attached hydrogen (secondary N) is 2. The number of carbonyl (C=O) groups is 2. The van der Waals surface area contributed by atoms with Gasteiger partial charge in [-0.1, -0.05) is 39.0 Å². The SMILES string of the molecule is COc1c(N2CCOCC2)cc(C(=O)C[N+]2(OC(=O)C(F)(F)F)NC(N)N3NC(OC4CCCC4)CCC32)cc1C(C)(C)C. The van der Waals surface area contributed by atoms with E-state index in [1.54, 1.807) is 19.2 Å². The molecule has 4 fully saturated rings. The van der Waals surface area contributed by atoms with Crippen molar-refractivity contribution in [2.45, 2.75) is 95.7 Å². The number of halogens is 3. The highest BCUT2D eigenvalue weighted by molar-refractivity contribution is 5.99. The molecule has 3 saturated heterocycles. The van der Waals surface area contributed by atoms with Gasteiger partial charge >= 0.3 is 12.1 Å². The molecular formula is C29H44F3N6O6+. The van der Waals surface area contributed by atoms with Crippen LogP contribution in [0.2, 0.25) is 0 Å². The second-order valence-corrected chi connectivity index (χ2v) is 12.9. The van der Waals surface area contributed by atoms with Crippen molar-refractivity contribution < 1.29 is 46.6 Å². The predicted octanol–water partition coefficient (Wildman–Crippen LogP) is 2.82. The van der Waals surface area contributed by atoms with Crippen LogP contribution in [0.5, 0.6) is 5.75 Å². The molecule has 1 aliphatic carbocycles. The monoisotopic (exact) mass is 629 g/mol. The first kappa shape index (κ1) is 32.9. The van der Waals surface area contributed by atoms with Gasteiger partial charge in [0.1, 0.15) is 12.0 Å². The Kier molecular flexibility index (Phi) is 9.48. The van der Waals surface area contributed by atoms with Crippen LogP contribution in [0.3, 0.4) is 0 Å². The molecular weight excluding hydrogens is 585 g/mol. The summed E-state index contributed by atoms with van der Waals surface area (Å²) in [5.41, 5.74) is 13.5. The molecule has 1 saturated carbocycles. The number of hydrogen-bond acceptors (Lipinski definition) is 11. The van der Waals surface area contributed by atoms with E-state index in [1.165, 1.54) is 5.01 Å². The van der Waals surface area contributed by atoms with Crippen LogP contribution >= 0.6 is 0 Å². The van der Waals surface area contributed by atoms with Gasteiger partial charge in [0, 0.05) is 30.6 Å². The Bertz CT molecular complexity index is 1220. The number of Topliss-reactive ketones (excluding diaryl/α,β-unsaturated/α-hetero) is 1. The number of hydrogen-bond donors (Lipinski definition) is 3. The van der Waals surface area contributed by atoms with Gasteiger partial charge in [-0.3, -0.25) is 10.5 Å². The van der Waals surface area contributed by atoms with E-state index in [9.17, 15) is 22.8 Å². The maximum Gasteiger partial charge on any atom is 0.497 e. The van der Waals surface area contributed by atoms with E-state index in [0.717, 1.165) is 31.2 Å². The number of nitrogens with zero attached hydrogens (tertiary/aromatic N) is 3. The third-order valence-electron chi connectivity index (χ3n) is 8.70. The number of nitrogens with two attached hydrogens (primary N) is 1. The second kappa shape index (κ2) is 12.7. The number of benzene rings is 1. The Balaban J connectivity index is 1.47. The van der Waals surface area contributed by atoms with E-state index in [-0.39, 0.29) is 18.1 Å². The molecule has 4 unspecified atom stereocenters. The van der Waals surface area contributed by atoms with Crippen LogP contribution in [0.1, 0.15) is 75.2 Å². The van der Waals surface area contributed by atoms with Crippen molar-refractivity contribution in [3.63, 3.8) is 0 Å². The topological polar surface area (TPSA) is 128 Å². The number of ether oxygens (including phenoxy) is 3. The minimum atomic E-state index is -5.28. The fourth-order valence-corrected chi connectivity index (χ4v) is 6.52. The van der Waals surface area contributed by atoms with Crippen molar-refractivity contribution in [2.24, 2.45) is 5.73 Å². The molecule has 0 spiro atoms. The van der Waals surface area contributed by atoms with E-state index in [0.29, 0.717) is 44.2 Å². The quantitative estimate of drug-likeness (QED) is 0.290. The Morgan fingerprint density at radius 3 is 2.39 bits per heavy atom. The summed E-state index contributed by atoms with van der Waals surface area (Å²) >= 11 is 0. The first-order chi connectivity index (χ1) is 20.7. The number of alkyl halides is 3. The van der Waals surface area contributed by atoms with Gasteiger partial charge < -0.3 is 19.1 Å². The van der Waals surface area contributed by atoms with Crippen molar-refractivity contribution in [1.82, 2.24) is 15.9 Å². The van der Waals surface area contributed by atoms with E-state index in [2.05, 4.69) is 15.8 Å². The molecule has 12 nitrogen and oxygen atoms in total. The lowest BCUT2D eigenvalue weighted by Gasteiger charge is -2.40. The van der Waals surface area contributed by atoms with Crippen LogP contribution in [0, 0.1) is 0 Å². The van der Waals surface area contributed by atoms with E-state index >= 15 is 0 Å². The number of morpholine rings is 1. The summed E-state index contributed by atoms with van der Waals surface area (Å²) in [6.07, 6.45) is -2.91. The number of ketones is 1. The number of carbonyl (C=O) groups excluding carboxylic acids is 2. The van der Waals surface area contributed by atoms with Crippen molar-refractivity contribution in [1.29, 1.82) is 0 Å². The minimum absolute atomic E-state index is 0.0902. The molecule has 5 rings (SSSR count). The first-order valence-electron chi connectivity index (χ1n) is 15.2. The number of hydroxylamine groups is 2. The van der Waals surface area contributed by atoms with Crippen LogP contribution in [0.25, 0.3) is 0 Å². The minimum Gasteiger partial charge on any atom is -0.494 e. The van der Waals surface area contributed by atoms with Gasteiger partial charge in [0.2, 0.25) is 18.5 Å². The van der Waals surface area contributed by atoms with Crippen molar-refractivity contribution in [3.8, 4) is 5.75 Å². The lowest BCUT2D eigenvalue weighted by Crippen LogP contribution is -2.66. The molecule has 15 heteroatoms. The highest BCUT2D eigenvalue weighted by atomic mass is 19.4. The number of anilines is 1. The van der Waals surface area contributed by atoms with Crippen LogP contribution in [0.4, 0.5) is 18.9 Å². The summed E-state index contributed by atoms with van der Waals surface area (Å²) in [6.45, 7) is 7.46. The average molecular weight is 630 g/mol. The molecule has 0 bridgehead atoms. The third-order valence-corrected chi connectivity index (χ3v) is 8.70. The molecule has 0 radical (unpaired) electrons. The zero-order chi connectivity index (χ0) is 31.9. The fraction of sp³-hybridized carbons (Fsp3) is 0.724. The van der Waals surface area contributed by atoms with Gasteiger partial charge in [-0.2, -0.15) is 13.2 Å². The number of methoxy groups -OCH3 is 1. The zero-order valence-corrected chi connectivity index (χ0v) is 25.7. The smallest absolute Gasteiger partial charge is 0.494 e. The van der Waals surface area contributed by atoms with Gasteiger partial charge in [0.15, 0.2) is 6.29 Å². The summed E-state index contributed by atoms with van der Waals surface area (Å²) in [5.74, 6) is -2.34. The second-order valence-electron chi connectivity index (χ2n) is 12.9. The normalized spacial score (nSPS) is 28.6. The molecule has 1 aromatic rings. The Morgan fingerprint density at radius 2 is 1.77 bits per heavy atom. The highest BCUT2D eigenvalue weighted by Crippen LogP contribution is 2.41. The standard InChI is InChI=1S/C29H44F3N6O6/c1-28(2,3)20-15-18(16-21(25(20)41-4)36-11-13-42-14-12-36)22(39)17-38(44-26(40)29(30,31)32)24-10-9-23(34-37(24)27(33)35-38)43-19-7-5-6-8-19/h15-16,19,23-24,27,34-35H,5-14,17,33H2,1-4H3/q+1. The summed E-state index contributed by atoms with van der Waals surface area (Å²) < 4.78 is 57.1. The largest absolute Gasteiger partial charge is 0.497 e. The van der Waals surface area contributed by atoms with Crippen LogP contribution < -0.4 is 26.2 Å². The molecule has 4 N–H and O–H groups in total. The Morgan fingerprint density at radius 1 is 1.09 bits per heavy atom. The van der Waals surface area contributed by atoms with Crippen molar-refractivity contribution in [2.75, 3.05) is 44.9 Å². The van der Waals surface area contributed by atoms with E-state index in [4.69, 9.17) is 24.8 Å². The molecule has 1 aromatic carbocycles. The average Bonchev–Trinajstić information content (AvgIpc) is 3.57. The summed E-state index contributed by atoms with van der Waals surface area (Å²) in [5, 5.41) is 1.49. The fourth-order valence-electron chi connectivity index (χ4n) is 6.52. The number of hydrazine groups is 1. The molecule has 0 aromatic heterocycles. The molecule has 4 atom stereocenters.